The summed E-state index contributed by atoms with van der Waals surface area (Å²) in [5.74, 6) is 0. The molecule has 0 aliphatic carbocycles. The number of carbonyl (C=O) groups is 1. The normalized spacial score (nSPS) is 10.9. The van der Waals surface area contributed by atoms with Crippen LogP contribution in [0.4, 0.5) is 16.2 Å². The number of nitrogens with one attached hydrogen (secondary N) is 1. The zero-order valence-electron chi connectivity index (χ0n) is 17.7. The van der Waals surface area contributed by atoms with E-state index in [-0.39, 0.29) is 6.73 Å². The average molecular weight is 399 g/mol. The van der Waals surface area contributed by atoms with Crippen LogP contribution in [0.1, 0.15) is 16.7 Å². The molecule has 0 bridgehead atoms. The predicted molar refractivity (Wildman–Crippen MR) is 122 cm³/mol. The van der Waals surface area contributed by atoms with Gasteiger partial charge < -0.3 is 15.0 Å². The maximum atomic E-state index is 11.8. The number of pyridine rings is 1. The number of anilines is 2. The number of hydrogen-bond acceptors (Lipinski definition) is 4. The third-order valence-electron chi connectivity index (χ3n) is 5.42. The van der Waals surface area contributed by atoms with E-state index in [1.54, 1.807) is 7.05 Å². The van der Waals surface area contributed by atoms with Gasteiger partial charge in [-0.15, -0.1) is 0 Å². The van der Waals surface area contributed by atoms with Crippen LogP contribution in [0.3, 0.4) is 0 Å². The van der Waals surface area contributed by atoms with E-state index >= 15 is 0 Å². The fourth-order valence-corrected chi connectivity index (χ4v) is 3.71. The molecule has 0 aliphatic rings. The van der Waals surface area contributed by atoms with Crippen molar-refractivity contribution in [2.45, 2.75) is 20.8 Å². The minimum Gasteiger partial charge on any atom is -0.428 e. The largest absolute Gasteiger partial charge is 0.428 e. The van der Waals surface area contributed by atoms with Crippen molar-refractivity contribution in [3.63, 3.8) is 0 Å². The summed E-state index contributed by atoms with van der Waals surface area (Å²) < 4.78 is 5.46. The van der Waals surface area contributed by atoms with Crippen LogP contribution in [-0.2, 0) is 4.74 Å². The number of alkyl carbamates (subject to hydrolysis) is 1. The molecule has 4 aromatic rings. The molecule has 0 unspecified atom stereocenters. The highest BCUT2D eigenvalue weighted by molar-refractivity contribution is 6.02. The number of carbonyl (C=O) groups excluding carboxylic acids is 1. The summed E-state index contributed by atoms with van der Waals surface area (Å²) in [5.41, 5.74) is 7.29. The van der Waals surface area contributed by atoms with E-state index < -0.39 is 6.09 Å². The first-order chi connectivity index (χ1) is 14.5. The van der Waals surface area contributed by atoms with Crippen LogP contribution in [0, 0.1) is 20.8 Å². The number of hydrogen-bond donors (Lipinski definition) is 1. The van der Waals surface area contributed by atoms with Crippen molar-refractivity contribution in [1.82, 2.24) is 10.3 Å². The fourth-order valence-electron chi connectivity index (χ4n) is 3.71. The maximum absolute atomic E-state index is 11.8. The lowest BCUT2D eigenvalue weighted by molar-refractivity contribution is 0.151. The van der Waals surface area contributed by atoms with Crippen molar-refractivity contribution < 1.29 is 9.53 Å². The molecule has 0 spiro atoms. The number of nitrogens with zero attached hydrogens (tertiary/aromatic N) is 2. The Hall–Kier alpha value is -3.60. The summed E-state index contributed by atoms with van der Waals surface area (Å²) >= 11 is 0. The van der Waals surface area contributed by atoms with Crippen LogP contribution < -0.4 is 10.2 Å². The van der Waals surface area contributed by atoms with Crippen molar-refractivity contribution in [1.29, 1.82) is 0 Å². The molecule has 3 aromatic carbocycles. The molecular formula is C25H25N3O2. The Morgan fingerprint density at radius 3 is 2.50 bits per heavy atom. The van der Waals surface area contributed by atoms with E-state index in [4.69, 9.17) is 9.72 Å². The Bertz CT molecular complexity index is 1240. The molecular weight excluding hydrogens is 374 g/mol. The van der Waals surface area contributed by atoms with Gasteiger partial charge >= 0.3 is 6.09 Å². The maximum Gasteiger partial charge on any atom is 0.408 e. The summed E-state index contributed by atoms with van der Waals surface area (Å²) in [5, 5.41) is 4.62. The molecule has 0 aliphatic heterocycles. The number of rotatable bonds is 4. The van der Waals surface area contributed by atoms with Gasteiger partial charge in [0.15, 0.2) is 6.73 Å². The zero-order valence-corrected chi connectivity index (χ0v) is 17.7. The zero-order chi connectivity index (χ0) is 21.3. The average Bonchev–Trinajstić information content (AvgIpc) is 2.75. The Kier molecular flexibility index (Phi) is 5.27. The molecule has 0 radical (unpaired) electrons. The molecule has 5 heteroatoms. The lowest BCUT2D eigenvalue weighted by atomic mass is 9.99. The van der Waals surface area contributed by atoms with Crippen LogP contribution >= 0.6 is 0 Å². The highest BCUT2D eigenvalue weighted by Crippen LogP contribution is 2.38. The topological polar surface area (TPSA) is 54.5 Å². The third-order valence-corrected chi connectivity index (χ3v) is 5.42. The Labute approximate surface area is 176 Å². The summed E-state index contributed by atoms with van der Waals surface area (Å²) in [7, 11) is 1.56. The molecule has 1 heterocycles. The Balaban J connectivity index is 1.97. The van der Waals surface area contributed by atoms with E-state index in [1.165, 1.54) is 5.56 Å². The minimum atomic E-state index is -0.468. The predicted octanol–water partition coefficient (Wildman–Crippen LogP) is 5.76. The van der Waals surface area contributed by atoms with E-state index in [2.05, 4.69) is 56.4 Å². The van der Waals surface area contributed by atoms with Crippen LogP contribution in [0.15, 0.2) is 60.7 Å². The molecule has 0 saturated carbocycles. The lowest BCUT2D eigenvalue weighted by Crippen LogP contribution is -2.28. The number of aryl methyl sites for hydroxylation is 2. The number of aromatic nitrogens is 1. The molecule has 1 N–H and O–H groups in total. The summed E-state index contributed by atoms with van der Waals surface area (Å²) in [6, 6.07) is 20.6. The van der Waals surface area contributed by atoms with Crippen molar-refractivity contribution in [3.8, 4) is 0 Å². The first kappa shape index (κ1) is 19.7. The number of fused-ring (bicyclic) bond motifs is 2. The smallest absolute Gasteiger partial charge is 0.408 e. The Morgan fingerprint density at radius 1 is 1.00 bits per heavy atom. The minimum absolute atomic E-state index is 0.0923. The SMILES string of the molecule is CNC(=O)OCN(c1ccccc1)c1c(C)c(C)cc2nc3cc(C)ccc3cc12. The second-order valence-electron chi connectivity index (χ2n) is 7.49. The third kappa shape index (κ3) is 3.66. The molecule has 4 rings (SSSR count). The van der Waals surface area contributed by atoms with E-state index in [9.17, 15) is 4.79 Å². The lowest BCUT2D eigenvalue weighted by Gasteiger charge is -2.28. The van der Waals surface area contributed by atoms with Crippen LogP contribution in [-0.4, -0.2) is 24.9 Å². The van der Waals surface area contributed by atoms with Crippen molar-refractivity contribution in [2.75, 3.05) is 18.7 Å². The number of benzene rings is 3. The van der Waals surface area contributed by atoms with Crippen molar-refractivity contribution in [3.05, 3.63) is 77.4 Å². The van der Waals surface area contributed by atoms with Gasteiger partial charge in [0.25, 0.3) is 0 Å². The first-order valence-electron chi connectivity index (χ1n) is 9.96. The van der Waals surface area contributed by atoms with E-state index in [0.29, 0.717) is 0 Å². The van der Waals surface area contributed by atoms with Gasteiger partial charge in [-0.25, -0.2) is 9.78 Å². The molecule has 0 fully saturated rings. The van der Waals surface area contributed by atoms with E-state index in [0.717, 1.165) is 44.3 Å². The number of para-hydroxylation sites is 1. The van der Waals surface area contributed by atoms with Crippen LogP contribution in [0.2, 0.25) is 0 Å². The standard InChI is InChI=1S/C25H25N3O2/c1-16-10-11-19-14-21-23(27-22(19)12-16)13-17(2)18(3)24(21)28(15-30-25(29)26-4)20-8-6-5-7-9-20/h5-14H,15H2,1-4H3,(H,26,29). The van der Waals surface area contributed by atoms with Crippen molar-refractivity contribution >= 4 is 39.3 Å². The van der Waals surface area contributed by atoms with Crippen molar-refractivity contribution in [2.24, 2.45) is 0 Å². The quantitative estimate of drug-likeness (QED) is 0.350. The fraction of sp³-hybridized carbons (Fsp3) is 0.200. The number of amides is 1. The molecule has 1 amide bonds. The molecule has 5 nitrogen and oxygen atoms in total. The van der Waals surface area contributed by atoms with Gasteiger partial charge in [0.05, 0.1) is 16.7 Å². The van der Waals surface area contributed by atoms with Gasteiger partial charge in [-0.1, -0.05) is 30.3 Å². The molecule has 30 heavy (non-hydrogen) atoms. The van der Waals surface area contributed by atoms with E-state index in [1.807, 2.05) is 35.2 Å². The van der Waals surface area contributed by atoms with Gasteiger partial charge in [-0.05, 0) is 67.8 Å². The van der Waals surface area contributed by atoms with Gasteiger partial charge in [-0.2, -0.15) is 0 Å². The second kappa shape index (κ2) is 8.03. The summed E-state index contributed by atoms with van der Waals surface area (Å²) in [4.78, 5) is 18.8. The number of ether oxygens (including phenoxy) is 1. The highest BCUT2D eigenvalue weighted by atomic mass is 16.6. The monoisotopic (exact) mass is 399 g/mol. The first-order valence-corrected chi connectivity index (χ1v) is 9.96. The highest BCUT2D eigenvalue weighted by Gasteiger charge is 2.19. The van der Waals surface area contributed by atoms with Crippen LogP contribution in [0.5, 0.6) is 0 Å². The summed E-state index contributed by atoms with van der Waals surface area (Å²) in [6.45, 7) is 6.35. The van der Waals surface area contributed by atoms with Crippen LogP contribution in [0.25, 0.3) is 21.8 Å². The molecule has 1 aromatic heterocycles. The van der Waals surface area contributed by atoms with Gasteiger partial charge in [0, 0.05) is 23.5 Å². The van der Waals surface area contributed by atoms with Gasteiger partial charge in [0.1, 0.15) is 0 Å². The molecule has 0 saturated heterocycles. The van der Waals surface area contributed by atoms with Gasteiger partial charge in [0.2, 0.25) is 0 Å². The Morgan fingerprint density at radius 2 is 1.77 bits per heavy atom. The molecule has 0 atom stereocenters. The second-order valence-corrected chi connectivity index (χ2v) is 7.49. The molecule has 152 valence electrons. The summed E-state index contributed by atoms with van der Waals surface area (Å²) in [6.07, 6.45) is -0.468. The van der Waals surface area contributed by atoms with Gasteiger partial charge in [-0.3, -0.25) is 0 Å².